The minimum absolute atomic E-state index is 0. The van der Waals surface area contributed by atoms with Gasteiger partial charge in [-0.3, -0.25) is 9.59 Å². The average Bonchev–Trinajstić information content (AvgIpc) is 3.17. The third-order valence-electron chi connectivity index (χ3n) is 7.69. The number of halogens is 3. The number of carbonyl (C=O) groups is 2. The van der Waals surface area contributed by atoms with Crippen LogP contribution in [-0.2, 0) is 9.59 Å². The van der Waals surface area contributed by atoms with E-state index in [9.17, 15) is 18.4 Å². The van der Waals surface area contributed by atoms with Gasteiger partial charge in [0.15, 0.2) is 0 Å². The first-order chi connectivity index (χ1) is 16.9. The van der Waals surface area contributed by atoms with Crippen LogP contribution in [0.2, 0.25) is 0 Å². The van der Waals surface area contributed by atoms with Crippen LogP contribution < -0.4 is 4.90 Å². The predicted molar refractivity (Wildman–Crippen MR) is 138 cm³/mol. The maximum atomic E-state index is 14.2. The van der Waals surface area contributed by atoms with Crippen molar-refractivity contribution in [3.8, 4) is 0 Å². The molecule has 0 spiro atoms. The van der Waals surface area contributed by atoms with Crippen molar-refractivity contribution in [2.24, 2.45) is 0 Å². The molecule has 0 N–H and O–H groups in total. The molecule has 2 atom stereocenters. The third kappa shape index (κ3) is 5.34. The Morgan fingerprint density at radius 3 is 2.28 bits per heavy atom. The van der Waals surface area contributed by atoms with E-state index in [-0.39, 0.29) is 47.8 Å². The molecule has 2 fully saturated rings. The lowest BCUT2D eigenvalue weighted by molar-refractivity contribution is -0.138. The SMILES string of the molecule is CC(=O)N1CCN(C(=O)CCCN2CC[C@@H]3[C@@H](C2)c2cc(F)ccc2N3c2ccc(F)cc2)CC1.Cl. The van der Waals surface area contributed by atoms with Crippen LogP contribution in [0.25, 0.3) is 0 Å². The Morgan fingerprint density at radius 1 is 0.917 bits per heavy atom. The first-order valence-electron chi connectivity index (χ1n) is 12.5. The molecule has 0 saturated carbocycles. The zero-order valence-electron chi connectivity index (χ0n) is 20.5. The van der Waals surface area contributed by atoms with Gasteiger partial charge in [0.1, 0.15) is 11.6 Å². The number of likely N-dealkylation sites (tertiary alicyclic amines) is 1. The molecular weight excluding hydrogens is 486 g/mol. The van der Waals surface area contributed by atoms with Crippen LogP contribution in [0.5, 0.6) is 0 Å². The highest BCUT2D eigenvalue weighted by molar-refractivity contribution is 5.85. The van der Waals surface area contributed by atoms with Crippen molar-refractivity contribution in [3.05, 3.63) is 59.7 Å². The Morgan fingerprint density at radius 2 is 1.58 bits per heavy atom. The number of hydrogen-bond donors (Lipinski definition) is 0. The highest BCUT2D eigenvalue weighted by Gasteiger charge is 2.42. The summed E-state index contributed by atoms with van der Waals surface area (Å²) in [5, 5.41) is 0. The molecule has 0 radical (unpaired) electrons. The second-order valence-corrected chi connectivity index (χ2v) is 9.80. The first-order valence-corrected chi connectivity index (χ1v) is 12.5. The normalized spacial score (nSPS) is 21.6. The van der Waals surface area contributed by atoms with Crippen LogP contribution in [0.1, 0.15) is 37.7 Å². The molecule has 3 aliphatic heterocycles. The van der Waals surface area contributed by atoms with Gasteiger partial charge in [-0.2, -0.15) is 0 Å². The van der Waals surface area contributed by atoms with E-state index in [0.717, 1.165) is 49.4 Å². The monoisotopic (exact) mass is 518 g/mol. The first kappa shape index (κ1) is 26.4. The van der Waals surface area contributed by atoms with Crippen molar-refractivity contribution in [2.75, 3.05) is 50.7 Å². The van der Waals surface area contributed by atoms with Gasteiger partial charge in [0.2, 0.25) is 11.8 Å². The molecular formula is C27H33ClF2N4O2. The van der Waals surface area contributed by atoms with Gasteiger partial charge in [-0.25, -0.2) is 8.78 Å². The number of rotatable bonds is 5. The Labute approximate surface area is 217 Å². The van der Waals surface area contributed by atoms with Crippen molar-refractivity contribution in [2.45, 2.75) is 38.1 Å². The molecule has 36 heavy (non-hydrogen) atoms. The molecule has 3 heterocycles. The predicted octanol–water partition coefficient (Wildman–Crippen LogP) is 4.17. The molecule has 0 aromatic heterocycles. The zero-order valence-corrected chi connectivity index (χ0v) is 21.4. The average molecular weight is 519 g/mol. The summed E-state index contributed by atoms with van der Waals surface area (Å²) < 4.78 is 27.7. The number of carbonyl (C=O) groups excluding carboxylic acids is 2. The molecule has 194 valence electrons. The summed E-state index contributed by atoms with van der Waals surface area (Å²) in [4.78, 5) is 32.4. The molecule has 3 aliphatic rings. The minimum Gasteiger partial charge on any atom is -0.339 e. The number of nitrogens with zero attached hydrogens (tertiary/aromatic N) is 4. The lowest BCUT2D eigenvalue weighted by Crippen LogP contribution is -2.50. The largest absolute Gasteiger partial charge is 0.339 e. The summed E-state index contributed by atoms with van der Waals surface area (Å²) in [6.45, 7) is 6.53. The molecule has 2 amide bonds. The summed E-state index contributed by atoms with van der Waals surface area (Å²) in [7, 11) is 0. The smallest absolute Gasteiger partial charge is 0.222 e. The van der Waals surface area contributed by atoms with E-state index in [1.165, 1.54) is 18.2 Å². The van der Waals surface area contributed by atoms with Crippen molar-refractivity contribution >= 4 is 35.6 Å². The van der Waals surface area contributed by atoms with Gasteiger partial charge in [0, 0.05) is 75.9 Å². The van der Waals surface area contributed by atoms with Gasteiger partial charge >= 0.3 is 0 Å². The highest BCUT2D eigenvalue weighted by Crippen LogP contribution is 2.48. The van der Waals surface area contributed by atoms with E-state index in [4.69, 9.17) is 0 Å². The second kappa shape index (κ2) is 11.1. The standard InChI is InChI=1S/C27H32F2N4O2.ClH/c1-19(34)31-13-15-32(16-14-31)27(35)3-2-11-30-12-10-26-24(18-30)23-17-21(29)6-9-25(23)33(26)22-7-4-20(28)5-8-22;/h4-9,17,24,26H,2-3,10-16,18H2,1H3;1H/t24-,26+;/m0./s1. The minimum atomic E-state index is -0.270. The van der Waals surface area contributed by atoms with Gasteiger partial charge < -0.3 is 19.6 Å². The maximum Gasteiger partial charge on any atom is 0.222 e. The number of piperazine rings is 1. The summed E-state index contributed by atoms with van der Waals surface area (Å²) in [5.74, 6) is -0.134. The fourth-order valence-electron chi connectivity index (χ4n) is 5.86. The van der Waals surface area contributed by atoms with E-state index < -0.39 is 0 Å². The number of amides is 2. The van der Waals surface area contributed by atoms with E-state index in [2.05, 4.69) is 9.80 Å². The summed E-state index contributed by atoms with van der Waals surface area (Å²) in [5.41, 5.74) is 2.92. The summed E-state index contributed by atoms with van der Waals surface area (Å²) >= 11 is 0. The van der Waals surface area contributed by atoms with E-state index in [1.54, 1.807) is 30.0 Å². The molecule has 2 aromatic rings. The third-order valence-corrected chi connectivity index (χ3v) is 7.69. The molecule has 2 saturated heterocycles. The van der Waals surface area contributed by atoms with Crippen molar-refractivity contribution in [1.82, 2.24) is 14.7 Å². The quantitative estimate of drug-likeness (QED) is 0.596. The Bertz CT molecular complexity index is 1090. The second-order valence-electron chi connectivity index (χ2n) is 9.80. The van der Waals surface area contributed by atoms with E-state index in [1.807, 2.05) is 11.0 Å². The number of benzene rings is 2. The van der Waals surface area contributed by atoms with Crippen LogP contribution in [0.4, 0.5) is 20.2 Å². The topological polar surface area (TPSA) is 47.1 Å². The fourth-order valence-corrected chi connectivity index (χ4v) is 5.86. The molecule has 0 bridgehead atoms. The Hall–Kier alpha value is -2.71. The van der Waals surface area contributed by atoms with Crippen LogP contribution in [-0.4, -0.2) is 78.4 Å². The van der Waals surface area contributed by atoms with Crippen molar-refractivity contribution in [1.29, 1.82) is 0 Å². The lowest BCUT2D eigenvalue weighted by Gasteiger charge is -2.39. The molecule has 0 aliphatic carbocycles. The van der Waals surface area contributed by atoms with Crippen LogP contribution >= 0.6 is 12.4 Å². The maximum absolute atomic E-state index is 14.2. The fraction of sp³-hybridized carbons (Fsp3) is 0.481. The van der Waals surface area contributed by atoms with Gasteiger partial charge in [0.25, 0.3) is 0 Å². The van der Waals surface area contributed by atoms with Crippen molar-refractivity contribution in [3.63, 3.8) is 0 Å². The number of hydrogen-bond acceptors (Lipinski definition) is 4. The molecule has 5 rings (SSSR count). The molecule has 6 nitrogen and oxygen atoms in total. The lowest BCUT2D eigenvalue weighted by atomic mass is 9.89. The van der Waals surface area contributed by atoms with Crippen LogP contribution in [0.3, 0.4) is 0 Å². The van der Waals surface area contributed by atoms with Crippen molar-refractivity contribution < 1.29 is 18.4 Å². The summed E-state index contributed by atoms with van der Waals surface area (Å²) in [6, 6.07) is 11.7. The number of anilines is 2. The van der Waals surface area contributed by atoms with E-state index in [0.29, 0.717) is 32.6 Å². The molecule has 0 unspecified atom stereocenters. The number of piperidine rings is 1. The molecule has 9 heteroatoms. The summed E-state index contributed by atoms with van der Waals surface area (Å²) in [6.07, 6.45) is 2.19. The van der Waals surface area contributed by atoms with Crippen LogP contribution in [0, 0.1) is 11.6 Å². The zero-order chi connectivity index (χ0) is 24.5. The van der Waals surface area contributed by atoms with Gasteiger partial charge in [-0.1, -0.05) is 0 Å². The highest BCUT2D eigenvalue weighted by atomic mass is 35.5. The molecule has 2 aromatic carbocycles. The van der Waals surface area contributed by atoms with Crippen LogP contribution in [0.15, 0.2) is 42.5 Å². The van der Waals surface area contributed by atoms with Gasteiger partial charge in [-0.05, 0) is 67.4 Å². The van der Waals surface area contributed by atoms with Gasteiger partial charge in [0.05, 0.1) is 0 Å². The Kier molecular flexibility index (Phi) is 8.15. The Balaban J connectivity index is 0.00000304. The van der Waals surface area contributed by atoms with Gasteiger partial charge in [-0.15, -0.1) is 12.4 Å². The van der Waals surface area contributed by atoms with E-state index >= 15 is 0 Å². The number of fused-ring (bicyclic) bond motifs is 3.